The van der Waals surface area contributed by atoms with Gasteiger partial charge in [-0.1, -0.05) is 89.8 Å². The van der Waals surface area contributed by atoms with Crippen LogP contribution in [0.2, 0.25) is 0 Å². The van der Waals surface area contributed by atoms with Gasteiger partial charge in [-0.05, 0) is 75.9 Å². The van der Waals surface area contributed by atoms with Crippen LogP contribution in [-0.4, -0.2) is 94.8 Å². The summed E-state index contributed by atoms with van der Waals surface area (Å²) in [5.41, 5.74) is 3.06. The van der Waals surface area contributed by atoms with E-state index >= 15 is 0 Å². The number of benzene rings is 4. The Kier molecular flexibility index (Phi) is 20.5. The van der Waals surface area contributed by atoms with Gasteiger partial charge < -0.3 is 38.5 Å². The largest absolute Gasteiger partial charge is 0.461 e. The Morgan fingerprint density at radius 2 is 0.932 bits per heavy atom. The fourth-order valence-electron chi connectivity index (χ4n) is 9.37. The number of rotatable bonds is 20. The fraction of sp³-hybridized carbons (Fsp3) is 0.464. The van der Waals surface area contributed by atoms with E-state index in [4.69, 9.17) is 9.47 Å². The second-order valence-corrected chi connectivity index (χ2v) is 23.2. The zero-order valence-electron chi connectivity index (χ0n) is 44.6. The van der Waals surface area contributed by atoms with Gasteiger partial charge in [-0.15, -0.1) is 0 Å². The minimum atomic E-state index is -3.74. The first-order valence-electron chi connectivity index (χ1n) is 25.3. The number of sulfone groups is 2. The van der Waals surface area contributed by atoms with Gasteiger partial charge in [0.15, 0.2) is 31.2 Å². The van der Waals surface area contributed by atoms with Crippen LogP contribution in [0.4, 0.5) is 42.9 Å². The standard InChI is InChI=1S/2C28H37FN2O5S/c2*1-6-9-15-28(7-2)19-31(21-13-11-10-12-14-21)24-16-23(30(4)5)25(17-26(24)37(33,34)20-28)36-18-22(29)27(32)35-8-3/h2*10-14,16-18H,6-9,15,19-20H2,1-5H3/b2*22-18-/t2*28-/m10/s1. The quantitative estimate of drug-likeness (QED) is 0.0469. The zero-order chi connectivity index (χ0) is 54.4. The number of carbonyl (C=O) groups excluding carboxylic acids is 2. The summed E-state index contributed by atoms with van der Waals surface area (Å²) in [5, 5.41) is 0. The summed E-state index contributed by atoms with van der Waals surface area (Å²) < 4.78 is 105. The van der Waals surface area contributed by atoms with Crippen molar-refractivity contribution >= 4 is 65.7 Å². The molecule has 0 bridgehead atoms. The van der Waals surface area contributed by atoms with Crippen molar-refractivity contribution in [3.63, 3.8) is 0 Å². The molecule has 0 amide bonds. The van der Waals surface area contributed by atoms with E-state index in [1.165, 1.54) is 12.1 Å². The molecule has 0 fully saturated rings. The van der Waals surface area contributed by atoms with Crippen LogP contribution in [0, 0.1) is 10.8 Å². The lowest BCUT2D eigenvalue weighted by Gasteiger charge is -2.36. The number of fused-ring (bicyclic) bond motifs is 2. The van der Waals surface area contributed by atoms with Crippen LogP contribution in [0.3, 0.4) is 0 Å². The lowest BCUT2D eigenvalue weighted by atomic mass is 9.81. The minimum Gasteiger partial charge on any atom is -0.461 e. The molecule has 74 heavy (non-hydrogen) atoms. The summed E-state index contributed by atoms with van der Waals surface area (Å²) in [6.07, 6.45) is 8.10. The highest BCUT2D eigenvalue weighted by Crippen LogP contribution is 2.49. The molecule has 0 unspecified atom stereocenters. The highest BCUT2D eigenvalue weighted by Gasteiger charge is 2.44. The molecule has 4 aromatic carbocycles. The molecule has 0 saturated carbocycles. The lowest BCUT2D eigenvalue weighted by molar-refractivity contribution is -0.141. The first-order valence-corrected chi connectivity index (χ1v) is 28.7. The van der Waals surface area contributed by atoms with Gasteiger partial charge in [0.1, 0.15) is 12.5 Å². The van der Waals surface area contributed by atoms with Crippen LogP contribution in [0.15, 0.2) is 119 Å². The van der Waals surface area contributed by atoms with Gasteiger partial charge in [-0.2, -0.15) is 8.78 Å². The van der Waals surface area contributed by atoms with E-state index in [1.54, 1.807) is 64.0 Å². The summed E-state index contributed by atoms with van der Waals surface area (Å²) in [6.45, 7) is 12.6. The van der Waals surface area contributed by atoms with Crippen molar-refractivity contribution in [2.45, 2.75) is 103 Å². The Bertz CT molecular complexity index is 2650. The third-order valence-corrected chi connectivity index (χ3v) is 17.5. The Hall–Kier alpha value is -6.14. The molecule has 6 rings (SSSR count). The monoisotopic (exact) mass is 1060 g/mol. The van der Waals surface area contributed by atoms with Crippen LogP contribution in [0.25, 0.3) is 0 Å². The summed E-state index contributed by atoms with van der Waals surface area (Å²) in [6, 6.07) is 25.9. The Balaban J connectivity index is 0.000000274. The van der Waals surface area contributed by atoms with Crippen molar-refractivity contribution < 1.29 is 54.2 Å². The molecule has 0 aliphatic carbocycles. The Morgan fingerprint density at radius 3 is 1.23 bits per heavy atom. The Morgan fingerprint density at radius 1 is 0.581 bits per heavy atom. The maximum absolute atomic E-state index is 14.2. The van der Waals surface area contributed by atoms with Gasteiger partial charge in [0.25, 0.3) is 0 Å². The lowest BCUT2D eigenvalue weighted by Crippen LogP contribution is -2.37. The second kappa shape index (κ2) is 25.9. The molecule has 0 spiro atoms. The van der Waals surface area contributed by atoms with Crippen LogP contribution < -0.4 is 29.1 Å². The highest BCUT2D eigenvalue weighted by atomic mass is 32.2. The number of halogens is 2. The molecule has 18 heteroatoms. The van der Waals surface area contributed by atoms with Crippen molar-refractivity contribution in [2.75, 3.05) is 85.6 Å². The molecule has 404 valence electrons. The van der Waals surface area contributed by atoms with Crippen LogP contribution in [-0.2, 0) is 38.7 Å². The molecular formula is C56H74F2N4O10S2. The third kappa shape index (κ3) is 14.2. The molecule has 2 aliphatic rings. The van der Waals surface area contributed by atoms with Gasteiger partial charge >= 0.3 is 11.9 Å². The maximum atomic E-state index is 14.2. The minimum absolute atomic E-state index is 0.000606. The maximum Gasteiger partial charge on any atom is 0.370 e. The van der Waals surface area contributed by atoms with E-state index < -0.39 is 54.1 Å². The SMILES string of the molecule is CCCC[C@@]1(CC)CN(c2ccccc2)c2cc(N(C)C)c(O/C=C(\F)C(=O)OCC)cc2S(=O)(=O)C1.CCCC[C@]1(CC)CN(c2ccccc2)c2cc(N(C)C)c(O/C=C(\F)C(=O)OCC)cc2S(=O)(=O)C1. The first-order chi connectivity index (χ1) is 35.1. The molecule has 14 nitrogen and oxygen atoms in total. The van der Waals surface area contributed by atoms with Crippen molar-refractivity contribution in [2.24, 2.45) is 10.8 Å². The highest BCUT2D eigenvalue weighted by molar-refractivity contribution is 7.92. The molecular weight excluding hydrogens is 991 g/mol. The molecule has 0 N–H and O–H groups in total. The molecule has 0 radical (unpaired) electrons. The number of unbranched alkanes of at least 4 members (excludes halogenated alkanes) is 2. The van der Waals surface area contributed by atoms with Gasteiger partial charge in [-0.25, -0.2) is 26.4 Å². The summed E-state index contributed by atoms with van der Waals surface area (Å²) in [4.78, 5) is 31.3. The van der Waals surface area contributed by atoms with Gasteiger partial charge in [-0.3, -0.25) is 0 Å². The van der Waals surface area contributed by atoms with Crippen molar-refractivity contribution in [1.82, 2.24) is 0 Å². The summed E-state index contributed by atoms with van der Waals surface area (Å²) >= 11 is 0. The van der Waals surface area contributed by atoms with E-state index in [2.05, 4.69) is 33.1 Å². The normalized spacial score (nSPS) is 19.1. The van der Waals surface area contributed by atoms with E-state index in [0.29, 0.717) is 61.2 Å². The van der Waals surface area contributed by atoms with Crippen molar-refractivity contribution in [3.05, 3.63) is 109 Å². The Labute approximate surface area is 437 Å². The smallest absolute Gasteiger partial charge is 0.370 e. The van der Waals surface area contributed by atoms with E-state index in [0.717, 1.165) is 49.9 Å². The molecule has 2 aliphatic heterocycles. The zero-order valence-corrected chi connectivity index (χ0v) is 46.2. The molecule has 0 saturated heterocycles. The average molecular weight is 1070 g/mol. The number of hydrogen-bond acceptors (Lipinski definition) is 14. The summed E-state index contributed by atoms with van der Waals surface area (Å²) in [7, 11) is -0.339. The predicted molar refractivity (Wildman–Crippen MR) is 290 cm³/mol. The third-order valence-electron chi connectivity index (χ3n) is 13.6. The number of carbonyl (C=O) groups is 2. The van der Waals surface area contributed by atoms with E-state index in [9.17, 15) is 35.2 Å². The van der Waals surface area contributed by atoms with Crippen molar-refractivity contribution in [3.8, 4) is 11.5 Å². The number of hydrogen-bond donors (Lipinski definition) is 0. The molecule has 0 aromatic heterocycles. The number of nitrogens with zero attached hydrogens (tertiary/aromatic N) is 4. The van der Waals surface area contributed by atoms with Gasteiger partial charge in [0.05, 0.1) is 57.3 Å². The molecule has 2 heterocycles. The van der Waals surface area contributed by atoms with Crippen LogP contribution >= 0.6 is 0 Å². The number of ether oxygens (including phenoxy) is 4. The predicted octanol–water partition coefficient (Wildman–Crippen LogP) is 12.0. The van der Waals surface area contributed by atoms with Gasteiger partial charge in [0.2, 0.25) is 11.7 Å². The molecule has 4 aromatic rings. The second-order valence-electron chi connectivity index (χ2n) is 19.2. The number of para-hydroxylation sites is 2. The average Bonchev–Trinajstić information content (AvgIpc) is 3.55. The summed E-state index contributed by atoms with van der Waals surface area (Å²) in [5.74, 6) is -4.46. The number of esters is 2. The fourth-order valence-corrected chi connectivity index (χ4v) is 13.7. The van der Waals surface area contributed by atoms with E-state index in [-0.39, 0.29) is 46.0 Å². The first kappa shape index (κ1) is 58.7. The molecule has 2 atom stereocenters. The number of anilines is 6. The van der Waals surface area contributed by atoms with E-state index in [1.807, 2.05) is 74.5 Å². The van der Waals surface area contributed by atoms with Crippen molar-refractivity contribution in [1.29, 1.82) is 0 Å². The van der Waals surface area contributed by atoms with Gasteiger partial charge in [0, 0.05) is 75.6 Å². The van der Waals surface area contributed by atoms with Crippen LogP contribution in [0.5, 0.6) is 11.5 Å². The van der Waals surface area contributed by atoms with Crippen LogP contribution in [0.1, 0.15) is 92.9 Å². The topological polar surface area (TPSA) is 152 Å².